The third-order valence-corrected chi connectivity index (χ3v) is 2.57. The number of halogens is 1. The molecule has 1 amide bonds. The van der Waals surface area contributed by atoms with Gasteiger partial charge in [-0.3, -0.25) is 9.59 Å². The third-order valence-electron chi connectivity index (χ3n) is 2.57. The van der Waals surface area contributed by atoms with Crippen LogP contribution in [0.1, 0.15) is 13.3 Å². The number of carbonyl (C=O) groups excluding carboxylic acids is 1. The second-order valence-corrected chi connectivity index (χ2v) is 4.14. The fourth-order valence-electron chi connectivity index (χ4n) is 1.40. The molecule has 1 aromatic rings. The average molecular weight is 268 g/mol. The Morgan fingerprint density at radius 3 is 2.74 bits per heavy atom. The van der Waals surface area contributed by atoms with E-state index in [2.05, 4.69) is 10.6 Å². The van der Waals surface area contributed by atoms with Crippen LogP contribution in [-0.4, -0.2) is 30.1 Å². The minimum absolute atomic E-state index is 0.311. The highest BCUT2D eigenvalue weighted by molar-refractivity contribution is 5.96. The van der Waals surface area contributed by atoms with Crippen molar-refractivity contribution in [3.05, 3.63) is 30.1 Å². The van der Waals surface area contributed by atoms with Gasteiger partial charge in [0.1, 0.15) is 11.7 Å². The van der Waals surface area contributed by atoms with Gasteiger partial charge < -0.3 is 15.7 Å². The fraction of sp³-hybridized carbons (Fsp3) is 0.385. The number of nitrogens with one attached hydrogen (secondary N) is 2. The van der Waals surface area contributed by atoms with Crippen molar-refractivity contribution >= 4 is 17.6 Å². The van der Waals surface area contributed by atoms with Crippen LogP contribution >= 0.6 is 0 Å². The van der Waals surface area contributed by atoms with Crippen molar-refractivity contribution in [2.45, 2.75) is 13.3 Å². The lowest BCUT2D eigenvalue weighted by Crippen LogP contribution is -2.34. The summed E-state index contributed by atoms with van der Waals surface area (Å²) >= 11 is 0. The predicted molar refractivity (Wildman–Crippen MR) is 69.3 cm³/mol. The highest BCUT2D eigenvalue weighted by atomic mass is 19.1. The lowest BCUT2D eigenvalue weighted by atomic mass is 10.2. The number of hydrogen-bond acceptors (Lipinski definition) is 3. The van der Waals surface area contributed by atoms with Crippen LogP contribution in [0.2, 0.25) is 0 Å². The number of rotatable bonds is 7. The van der Waals surface area contributed by atoms with Gasteiger partial charge in [-0.05, 0) is 31.5 Å². The minimum Gasteiger partial charge on any atom is -0.481 e. The Hall–Kier alpha value is -2.11. The van der Waals surface area contributed by atoms with Crippen molar-refractivity contribution in [3.63, 3.8) is 0 Å². The number of benzene rings is 1. The summed E-state index contributed by atoms with van der Waals surface area (Å²) in [5, 5.41) is 14.2. The molecule has 3 N–H and O–H groups in total. The zero-order valence-corrected chi connectivity index (χ0v) is 10.6. The van der Waals surface area contributed by atoms with E-state index in [0.717, 1.165) is 0 Å². The molecule has 1 unspecified atom stereocenters. The molecule has 0 saturated heterocycles. The highest BCUT2D eigenvalue weighted by Crippen LogP contribution is 2.08. The van der Waals surface area contributed by atoms with Crippen LogP contribution in [0.15, 0.2) is 24.3 Å². The van der Waals surface area contributed by atoms with E-state index in [-0.39, 0.29) is 5.82 Å². The molecule has 1 atom stereocenters. The molecule has 1 rings (SSSR count). The Labute approximate surface area is 110 Å². The Balaban J connectivity index is 2.18. The first-order valence-electron chi connectivity index (χ1n) is 6.00. The molecular weight excluding hydrogens is 251 g/mol. The van der Waals surface area contributed by atoms with Crippen molar-refractivity contribution in [3.8, 4) is 0 Å². The monoisotopic (exact) mass is 268 g/mol. The van der Waals surface area contributed by atoms with E-state index in [0.29, 0.717) is 25.2 Å². The molecule has 0 radical (unpaired) electrons. The maximum atomic E-state index is 12.9. The zero-order valence-electron chi connectivity index (χ0n) is 10.6. The van der Waals surface area contributed by atoms with E-state index < -0.39 is 17.8 Å². The van der Waals surface area contributed by atoms with Crippen molar-refractivity contribution < 1.29 is 19.1 Å². The van der Waals surface area contributed by atoms with E-state index in [1.165, 1.54) is 19.1 Å². The Bertz CT molecular complexity index is 451. The summed E-state index contributed by atoms with van der Waals surface area (Å²) in [7, 11) is 0. The summed E-state index contributed by atoms with van der Waals surface area (Å²) in [5.74, 6) is -3.00. The van der Waals surface area contributed by atoms with E-state index in [9.17, 15) is 14.0 Å². The second kappa shape index (κ2) is 7.35. The molecule has 0 spiro atoms. The fourth-order valence-corrected chi connectivity index (χ4v) is 1.40. The summed E-state index contributed by atoms with van der Waals surface area (Å²) in [6.07, 6.45) is 0.620. The molecule has 0 heterocycles. The number of carbonyl (C=O) groups is 2. The molecule has 19 heavy (non-hydrogen) atoms. The van der Waals surface area contributed by atoms with Crippen LogP contribution in [0.4, 0.5) is 10.1 Å². The smallest absolute Gasteiger partial charge is 0.315 e. The standard InChI is InChI=1S/C13H17FN2O3/c1-9(13(18)19)12(17)16-7-3-6-15-11-5-2-4-10(14)8-11/h2,4-5,8-9,15H,3,6-7H2,1H3,(H,16,17)(H,18,19). The van der Waals surface area contributed by atoms with Gasteiger partial charge in [-0.2, -0.15) is 0 Å². The van der Waals surface area contributed by atoms with Crippen molar-refractivity contribution in [1.29, 1.82) is 0 Å². The molecule has 0 aliphatic rings. The molecule has 1 aromatic carbocycles. The number of amides is 1. The van der Waals surface area contributed by atoms with Crippen molar-refractivity contribution in [1.82, 2.24) is 5.32 Å². The van der Waals surface area contributed by atoms with Crippen LogP contribution in [0.25, 0.3) is 0 Å². The van der Waals surface area contributed by atoms with Gasteiger partial charge in [-0.15, -0.1) is 0 Å². The first-order valence-corrected chi connectivity index (χ1v) is 6.00. The molecular formula is C13H17FN2O3. The number of carboxylic acid groups (broad SMARTS) is 1. The van der Waals surface area contributed by atoms with Gasteiger partial charge >= 0.3 is 5.97 Å². The maximum absolute atomic E-state index is 12.9. The summed E-state index contributed by atoms with van der Waals surface area (Å²) < 4.78 is 12.9. The first kappa shape index (κ1) is 14.9. The summed E-state index contributed by atoms with van der Waals surface area (Å²) in [4.78, 5) is 21.8. The van der Waals surface area contributed by atoms with Crippen LogP contribution in [0.5, 0.6) is 0 Å². The summed E-state index contributed by atoms with van der Waals surface area (Å²) in [6.45, 7) is 2.27. The SMILES string of the molecule is CC(C(=O)O)C(=O)NCCCNc1cccc(F)c1. The Morgan fingerprint density at radius 2 is 2.11 bits per heavy atom. The van der Waals surface area contributed by atoms with Gasteiger partial charge in [0, 0.05) is 18.8 Å². The van der Waals surface area contributed by atoms with E-state index in [1.54, 1.807) is 12.1 Å². The second-order valence-electron chi connectivity index (χ2n) is 4.14. The van der Waals surface area contributed by atoms with Crippen LogP contribution in [0, 0.1) is 11.7 Å². The molecule has 0 fully saturated rings. The molecule has 0 aliphatic carbocycles. The Kier molecular flexibility index (Phi) is 5.78. The van der Waals surface area contributed by atoms with Crippen LogP contribution in [-0.2, 0) is 9.59 Å². The average Bonchev–Trinajstić information content (AvgIpc) is 2.37. The van der Waals surface area contributed by atoms with E-state index in [1.807, 2.05) is 0 Å². The number of hydrogen-bond donors (Lipinski definition) is 3. The van der Waals surface area contributed by atoms with Gasteiger partial charge in [0.15, 0.2) is 0 Å². The third kappa shape index (κ3) is 5.37. The molecule has 0 saturated carbocycles. The Morgan fingerprint density at radius 1 is 1.37 bits per heavy atom. The molecule has 6 heteroatoms. The topological polar surface area (TPSA) is 78.4 Å². The van der Waals surface area contributed by atoms with Crippen LogP contribution in [0.3, 0.4) is 0 Å². The predicted octanol–water partition coefficient (Wildman–Crippen LogP) is 1.46. The van der Waals surface area contributed by atoms with Crippen molar-refractivity contribution in [2.75, 3.05) is 18.4 Å². The van der Waals surface area contributed by atoms with Gasteiger partial charge in [0.2, 0.25) is 5.91 Å². The number of carboxylic acids is 1. The molecule has 0 aliphatic heterocycles. The van der Waals surface area contributed by atoms with E-state index >= 15 is 0 Å². The maximum Gasteiger partial charge on any atom is 0.315 e. The first-order chi connectivity index (χ1) is 9.00. The van der Waals surface area contributed by atoms with Gasteiger partial charge in [0.25, 0.3) is 0 Å². The van der Waals surface area contributed by atoms with Gasteiger partial charge in [-0.25, -0.2) is 4.39 Å². The lowest BCUT2D eigenvalue weighted by molar-refractivity contribution is -0.146. The van der Waals surface area contributed by atoms with Gasteiger partial charge in [0.05, 0.1) is 0 Å². The lowest BCUT2D eigenvalue weighted by Gasteiger charge is -2.09. The van der Waals surface area contributed by atoms with Crippen LogP contribution < -0.4 is 10.6 Å². The molecule has 0 bridgehead atoms. The van der Waals surface area contributed by atoms with E-state index in [4.69, 9.17) is 5.11 Å². The number of anilines is 1. The largest absolute Gasteiger partial charge is 0.481 e. The highest BCUT2D eigenvalue weighted by Gasteiger charge is 2.19. The molecule has 104 valence electrons. The van der Waals surface area contributed by atoms with Crippen molar-refractivity contribution in [2.24, 2.45) is 5.92 Å². The normalized spacial score (nSPS) is 11.7. The summed E-state index contributed by atoms with van der Waals surface area (Å²) in [5.41, 5.74) is 0.672. The number of aliphatic carboxylic acids is 1. The summed E-state index contributed by atoms with van der Waals surface area (Å²) in [6, 6.07) is 6.09. The molecule has 0 aromatic heterocycles. The van der Waals surface area contributed by atoms with Gasteiger partial charge in [-0.1, -0.05) is 6.07 Å². The minimum atomic E-state index is -1.14. The molecule has 5 nitrogen and oxygen atoms in total. The quantitative estimate of drug-likeness (QED) is 0.517. The zero-order chi connectivity index (χ0) is 14.3.